The van der Waals surface area contributed by atoms with Gasteiger partial charge in [-0.1, -0.05) is 12.1 Å². The standard InChI is InChI=1S/C14H24N4O2/c1-3-5-12-16-13(20-17-12)6-4-7-14(19)18(2)11-8-9-15-10-11/h11,15H,3-10H2,1-2H3. The average molecular weight is 280 g/mol. The van der Waals surface area contributed by atoms with Crippen LogP contribution in [0, 0.1) is 0 Å². The van der Waals surface area contributed by atoms with E-state index in [4.69, 9.17) is 4.52 Å². The van der Waals surface area contributed by atoms with Crippen LogP contribution in [-0.4, -0.2) is 47.1 Å². The summed E-state index contributed by atoms with van der Waals surface area (Å²) in [6.45, 7) is 4.00. The summed E-state index contributed by atoms with van der Waals surface area (Å²) in [5, 5.41) is 7.19. The topological polar surface area (TPSA) is 71.3 Å². The lowest BCUT2D eigenvalue weighted by atomic mass is 10.2. The van der Waals surface area contributed by atoms with Gasteiger partial charge in [0.2, 0.25) is 11.8 Å². The fourth-order valence-electron chi connectivity index (χ4n) is 2.46. The van der Waals surface area contributed by atoms with E-state index in [-0.39, 0.29) is 5.91 Å². The Morgan fingerprint density at radius 3 is 3.05 bits per heavy atom. The number of aryl methyl sites for hydroxylation is 2. The molecule has 1 aliphatic heterocycles. The van der Waals surface area contributed by atoms with Crippen molar-refractivity contribution in [2.24, 2.45) is 0 Å². The number of nitrogens with zero attached hydrogens (tertiary/aromatic N) is 3. The minimum absolute atomic E-state index is 0.201. The Morgan fingerprint density at radius 1 is 1.50 bits per heavy atom. The fourth-order valence-corrected chi connectivity index (χ4v) is 2.46. The molecule has 1 amide bonds. The Hall–Kier alpha value is -1.43. The number of hydrogen-bond acceptors (Lipinski definition) is 5. The Bertz CT molecular complexity index is 427. The molecule has 112 valence electrons. The molecule has 2 heterocycles. The van der Waals surface area contributed by atoms with Crippen molar-refractivity contribution >= 4 is 5.91 Å². The smallest absolute Gasteiger partial charge is 0.226 e. The van der Waals surface area contributed by atoms with E-state index in [1.807, 2.05) is 11.9 Å². The van der Waals surface area contributed by atoms with Gasteiger partial charge in [0, 0.05) is 38.9 Å². The number of amides is 1. The second kappa shape index (κ2) is 7.38. The van der Waals surface area contributed by atoms with Gasteiger partial charge in [-0.25, -0.2) is 0 Å². The number of carbonyl (C=O) groups excluding carboxylic acids is 1. The van der Waals surface area contributed by atoms with Crippen LogP contribution in [0.3, 0.4) is 0 Å². The van der Waals surface area contributed by atoms with Crippen LogP contribution in [0.5, 0.6) is 0 Å². The minimum Gasteiger partial charge on any atom is -0.341 e. The Labute approximate surface area is 119 Å². The molecule has 1 atom stereocenters. The summed E-state index contributed by atoms with van der Waals surface area (Å²) >= 11 is 0. The maximum atomic E-state index is 12.1. The third-order valence-corrected chi connectivity index (χ3v) is 3.74. The van der Waals surface area contributed by atoms with Gasteiger partial charge in [-0.05, 0) is 25.8 Å². The van der Waals surface area contributed by atoms with E-state index in [0.29, 0.717) is 24.8 Å². The lowest BCUT2D eigenvalue weighted by molar-refractivity contribution is -0.131. The van der Waals surface area contributed by atoms with Gasteiger partial charge in [0.1, 0.15) is 0 Å². The van der Waals surface area contributed by atoms with E-state index in [0.717, 1.165) is 44.6 Å². The largest absolute Gasteiger partial charge is 0.341 e. The van der Waals surface area contributed by atoms with Crippen molar-refractivity contribution in [3.63, 3.8) is 0 Å². The van der Waals surface area contributed by atoms with Gasteiger partial charge in [0.15, 0.2) is 5.82 Å². The molecule has 1 unspecified atom stereocenters. The van der Waals surface area contributed by atoms with E-state index >= 15 is 0 Å². The summed E-state index contributed by atoms with van der Waals surface area (Å²) in [5.74, 6) is 1.61. The van der Waals surface area contributed by atoms with Crippen LogP contribution in [0.25, 0.3) is 0 Å². The number of rotatable bonds is 7. The monoisotopic (exact) mass is 280 g/mol. The quantitative estimate of drug-likeness (QED) is 0.811. The third-order valence-electron chi connectivity index (χ3n) is 3.74. The average Bonchev–Trinajstić information content (AvgIpc) is 3.09. The highest BCUT2D eigenvalue weighted by Gasteiger charge is 2.22. The van der Waals surface area contributed by atoms with Crippen LogP contribution >= 0.6 is 0 Å². The van der Waals surface area contributed by atoms with E-state index in [1.165, 1.54) is 0 Å². The van der Waals surface area contributed by atoms with Gasteiger partial charge >= 0.3 is 0 Å². The summed E-state index contributed by atoms with van der Waals surface area (Å²) in [7, 11) is 1.89. The van der Waals surface area contributed by atoms with Crippen LogP contribution in [0.1, 0.15) is 44.3 Å². The predicted molar refractivity (Wildman–Crippen MR) is 75.3 cm³/mol. The van der Waals surface area contributed by atoms with Gasteiger partial charge in [0.25, 0.3) is 0 Å². The molecule has 6 heteroatoms. The third kappa shape index (κ3) is 4.03. The molecule has 1 N–H and O–H groups in total. The second-order valence-electron chi connectivity index (χ2n) is 5.36. The van der Waals surface area contributed by atoms with E-state index in [1.54, 1.807) is 0 Å². The molecule has 0 aromatic carbocycles. The molecule has 1 fully saturated rings. The van der Waals surface area contributed by atoms with Gasteiger partial charge in [0.05, 0.1) is 0 Å². The molecular formula is C14H24N4O2. The summed E-state index contributed by atoms with van der Waals surface area (Å²) in [6, 6.07) is 0.349. The number of aromatic nitrogens is 2. The molecule has 0 saturated carbocycles. The van der Waals surface area contributed by atoms with E-state index < -0.39 is 0 Å². The lowest BCUT2D eigenvalue weighted by Gasteiger charge is -2.23. The summed E-state index contributed by atoms with van der Waals surface area (Å²) in [5.41, 5.74) is 0. The molecule has 0 radical (unpaired) electrons. The van der Waals surface area contributed by atoms with Crippen molar-refractivity contribution < 1.29 is 9.32 Å². The van der Waals surface area contributed by atoms with Crippen molar-refractivity contribution in [2.75, 3.05) is 20.1 Å². The maximum absolute atomic E-state index is 12.1. The predicted octanol–water partition coefficient (Wildman–Crippen LogP) is 1.17. The van der Waals surface area contributed by atoms with Crippen LogP contribution in [0.15, 0.2) is 4.52 Å². The summed E-state index contributed by atoms with van der Waals surface area (Å²) in [6.07, 6.45) is 4.89. The Morgan fingerprint density at radius 2 is 2.35 bits per heavy atom. The number of hydrogen-bond donors (Lipinski definition) is 1. The normalized spacial score (nSPS) is 18.4. The molecule has 1 aromatic rings. The van der Waals surface area contributed by atoms with E-state index in [9.17, 15) is 4.79 Å². The van der Waals surface area contributed by atoms with Crippen molar-refractivity contribution in [3.8, 4) is 0 Å². The molecule has 1 saturated heterocycles. The summed E-state index contributed by atoms with van der Waals surface area (Å²) < 4.78 is 5.16. The molecule has 0 aliphatic carbocycles. The van der Waals surface area contributed by atoms with Gasteiger partial charge in [-0.3, -0.25) is 4.79 Å². The maximum Gasteiger partial charge on any atom is 0.226 e. The van der Waals surface area contributed by atoms with Crippen LogP contribution in [0.4, 0.5) is 0 Å². The van der Waals surface area contributed by atoms with Crippen molar-refractivity contribution in [1.82, 2.24) is 20.4 Å². The highest BCUT2D eigenvalue weighted by molar-refractivity contribution is 5.76. The molecule has 1 aromatic heterocycles. The molecule has 20 heavy (non-hydrogen) atoms. The molecule has 2 rings (SSSR count). The lowest BCUT2D eigenvalue weighted by Crippen LogP contribution is -2.38. The first-order chi connectivity index (χ1) is 9.70. The summed E-state index contributed by atoms with van der Waals surface area (Å²) in [4.78, 5) is 18.2. The zero-order valence-corrected chi connectivity index (χ0v) is 12.4. The van der Waals surface area contributed by atoms with Gasteiger partial charge < -0.3 is 14.7 Å². The first-order valence-electron chi connectivity index (χ1n) is 7.48. The Kier molecular flexibility index (Phi) is 5.52. The van der Waals surface area contributed by atoms with Crippen molar-refractivity contribution in [1.29, 1.82) is 0 Å². The molecule has 0 bridgehead atoms. The van der Waals surface area contributed by atoms with Crippen molar-refractivity contribution in [2.45, 2.75) is 51.5 Å². The molecule has 0 spiro atoms. The SMILES string of the molecule is CCCc1noc(CCCC(=O)N(C)C2CCNC2)n1. The Balaban J connectivity index is 1.70. The zero-order valence-electron chi connectivity index (χ0n) is 12.4. The molecular weight excluding hydrogens is 256 g/mol. The van der Waals surface area contributed by atoms with Crippen LogP contribution in [-0.2, 0) is 17.6 Å². The van der Waals surface area contributed by atoms with Crippen LogP contribution in [0.2, 0.25) is 0 Å². The first-order valence-corrected chi connectivity index (χ1v) is 7.48. The highest BCUT2D eigenvalue weighted by Crippen LogP contribution is 2.10. The van der Waals surface area contributed by atoms with Gasteiger partial charge in [-0.2, -0.15) is 4.98 Å². The van der Waals surface area contributed by atoms with Crippen LogP contribution < -0.4 is 5.32 Å². The number of likely N-dealkylation sites (N-methyl/N-ethyl adjacent to an activating group) is 1. The fraction of sp³-hybridized carbons (Fsp3) is 0.786. The minimum atomic E-state index is 0.201. The highest BCUT2D eigenvalue weighted by atomic mass is 16.5. The number of nitrogens with one attached hydrogen (secondary N) is 1. The van der Waals surface area contributed by atoms with Crippen molar-refractivity contribution in [3.05, 3.63) is 11.7 Å². The van der Waals surface area contributed by atoms with Gasteiger partial charge in [-0.15, -0.1) is 0 Å². The molecule has 1 aliphatic rings. The zero-order chi connectivity index (χ0) is 14.4. The van der Waals surface area contributed by atoms with E-state index in [2.05, 4.69) is 22.4 Å². The first kappa shape index (κ1) is 15.0. The number of carbonyl (C=O) groups is 1. The second-order valence-corrected chi connectivity index (χ2v) is 5.36. The molecule has 6 nitrogen and oxygen atoms in total.